The summed E-state index contributed by atoms with van der Waals surface area (Å²) in [6, 6.07) is 10.3. The van der Waals surface area contributed by atoms with E-state index >= 15 is 0 Å². The predicted octanol–water partition coefficient (Wildman–Crippen LogP) is 3.27. The van der Waals surface area contributed by atoms with Gasteiger partial charge in [0.2, 0.25) is 0 Å². The van der Waals surface area contributed by atoms with Crippen molar-refractivity contribution in [1.82, 2.24) is 9.91 Å². The number of hydrazone groups is 1. The molecule has 0 saturated carbocycles. The van der Waals surface area contributed by atoms with Crippen LogP contribution < -0.4 is 0 Å². The van der Waals surface area contributed by atoms with Crippen LogP contribution in [0.2, 0.25) is 0 Å². The number of amides is 2. The third kappa shape index (κ3) is 2.55. The number of hydrogen-bond donors (Lipinski definition) is 0. The zero-order chi connectivity index (χ0) is 13.9. The summed E-state index contributed by atoms with van der Waals surface area (Å²) in [5.41, 5.74) is 1.16. The molecule has 106 valence electrons. The molecule has 2 aliphatic rings. The molecule has 4 nitrogen and oxygen atoms in total. The highest BCUT2D eigenvalue weighted by Gasteiger charge is 2.32. The lowest BCUT2D eigenvalue weighted by Gasteiger charge is -2.34. The average Bonchev–Trinajstić information content (AvgIpc) is 2.97. The Morgan fingerprint density at radius 1 is 1.30 bits per heavy atom. The van der Waals surface area contributed by atoms with Crippen molar-refractivity contribution in [2.45, 2.75) is 32.2 Å². The van der Waals surface area contributed by atoms with Crippen molar-refractivity contribution in [1.29, 1.82) is 0 Å². The summed E-state index contributed by atoms with van der Waals surface area (Å²) in [5, 5.41) is 5.97. The van der Waals surface area contributed by atoms with Crippen molar-refractivity contribution >= 4 is 12.2 Å². The maximum atomic E-state index is 12.7. The largest absolute Gasteiger partial charge is 0.341 e. The van der Waals surface area contributed by atoms with Gasteiger partial charge in [-0.25, -0.2) is 9.80 Å². The number of likely N-dealkylation sites (tertiary alicyclic amines) is 1. The summed E-state index contributed by atoms with van der Waals surface area (Å²) >= 11 is 0. The Hall–Kier alpha value is -1.84. The molecule has 2 unspecified atom stereocenters. The van der Waals surface area contributed by atoms with Gasteiger partial charge in [-0.1, -0.05) is 37.3 Å². The molecular formula is C16H21N3O. The minimum Gasteiger partial charge on any atom is -0.323 e. The highest BCUT2D eigenvalue weighted by atomic mass is 16.2. The van der Waals surface area contributed by atoms with E-state index in [1.807, 2.05) is 29.3 Å². The number of benzene rings is 1. The van der Waals surface area contributed by atoms with Crippen molar-refractivity contribution in [3.8, 4) is 0 Å². The SMILES string of the molecule is CC1CCCN(C(=O)N2N=CCC2c2ccccc2)C1. The van der Waals surface area contributed by atoms with Gasteiger partial charge < -0.3 is 4.90 Å². The molecule has 0 N–H and O–H groups in total. The molecule has 2 atom stereocenters. The van der Waals surface area contributed by atoms with Gasteiger partial charge in [-0.05, 0) is 24.3 Å². The number of carbonyl (C=O) groups excluding carboxylic acids is 1. The number of hydrogen-bond acceptors (Lipinski definition) is 2. The molecule has 2 heterocycles. The number of piperidine rings is 1. The lowest BCUT2D eigenvalue weighted by molar-refractivity contribution is 0.122. The molecular weight excluding hydrogens is 250 g/mol. The monoisotopic (exact) mass is 271 g/mol. The molecule has 4 heteroatoms. The number of rotatable bonds is 1. The van der Waals surface area contributed by atoms with Gasteiger partial charge in [0.15, 0.2) is 0 Å². The fourth-order valence-electron chi connectivity index (χ4n) is 3.06. The second-order valence-corrected chi connectivity index (χ2v) is 5.78. The van der Waals surface area contributed by atoms with Gasteiger partial charge in [-0.2, -0.15) is 5.10 Å². The quantitative estimate of drug-likeness (QED) is 0.772. The molecule has 1 fully saturated rings. The van der Waals surface area contributed by atoms with Crippen LogP contribution in [-0.4, -0.2) is 35.2 Å². The summed E-state index contributed by atoms with van der Waals surface area (Å²) in [6.45, 7) is 3.92. The first-order valence-electron chi connectivity index (χ1n) is 7.41. The van der Waals surface area contributed by atoms with Crippen molar-refractivity contribution in [2.24, 2.45) is 11.0 Å². The van der Waals surface area contributed by atoms with Crippen LogP contribution in [0.5, 0.6) is 0 Å². The van der Waals surface area contributed by atoms with Crippen molar-refractivity contribution in [3.05, 3.63) is 35.9 Å². The molecule has 0 aliphatic carbocycles. The molecule has 20 heavy (non-hydrogen) atoms. The highest BCUT2D eigenvalue weighted by molar-refractivity contribution is 5.78. The Kier molecular flexibility index (Phi) is 3.72. The Bertz CT molecular complexity index is 500. The molecule has 0 radical (unpaired) electrons. The number of urea groups is 1. The molecule has 1 saturated heterocycles. The molecule has 2 aliphatic heterocycles. The van der Waals surface area contributed by atoms with Crippen LogP contribution in [0.1, 0.15) is 37.8 Å². The Morgan fingerprint density at radius 2 is 2.10 bits per heavy atom. The lowest BCUT2D eigenvalue weighted by atomic mass is 10.0. The number of nitrogens with zero attached hydrogens (tertiary/aromatic N) is 3. The average molecular weight is 271 g/mol. The van der Waals surface area contributed by atoms with Crippen LogP contribution >= 0.6 is 0 Å². The van der Waals surface area contributed by atoms with E-state index in [0.29, 0.717) is 5.92 Å². The second-order valence-electron chi connectivity index (χ2n) is 5.78. The van der Waals surface area contributed by atoms with Gasteiger partial charge in [0.1, 0.15) is 0 Å². The van der Waals surface area contributed by atoms with Crippen LogP contribution in [0.3, 0.4) is 0 Å². The fourth-order valence-corrected chi connectivity index (χ4v) is 3.06. The fraction of sp³-hybridized carbons (Fsp3) is 0.500. The first-order valence-corrected chi connectivity index (χ1v) is 7.41. The third-order valence-electron chi connectivity index (χ3n) is 4.14. The predicted molar refractivity (Wildman–Crippen MR) is 79.5 cm³/mol. The smallest absolute Gasteiger partial charge is 0.323 e. The van der Waals surface area contributed by atoms with Gasteiger partial charge >= 0.3 is 6.03 Å². The molecule has 2 amide bonds. The zero-order valence-electron chi connectivity index (χ0n) is 11.9. The van der Waals surface area contributed by atoms with E-state index in [2.05, 4.69) is 24.2 Å². The molecule has 0 spiro atoms. The summed E-state index contributed by atoms with van der Waals surface area (Å²) in [5.74, 6) is 0.592. The zero-order valence-corrected chi connectivity index (χ0v) is 11.9. The van der Waals surface area contributed by atoms with Crippen LogP contribution in [-0.2, 0) is 0 Å². The van der Waals surface area contributed by atoms with Gasteiger partial charge in [0, 0.05) is 25.7 Å². The summed E-state index contributed by atoms with van der Waals surface area (Å²) in [4.78, 5) is 14.6. The van der Waals surface area contributed by atoms with Gasteiger partial charge in [-0.3, -0.25) is 0 Å². The van der Waals surface area contributed by atoms with Crippen LogP contribution in [0.25, 0.3) is 0 Å². The van der Waals surface area contributed by atoms with Crippen molar-refractivity contribution in [3.63, 3.8) is 0 Å². The first kappa shape index (κ1) is 13.2. The maximum Gasteiger partial charge on any atom is 0.341 e. The Morgan fingerprint density at radius 3 is 2.85 bits per heavy atom. The summed E-state index contributed by atoms with van der Waals surface area (Å²) in [6.07, 6.45) is 4.97. The van der Waals surface area contributed by atoms with E-state index in [4.69, 9.17) is 0 Å². The maximum absolute atomic E-state index is 12.7. The van der Waals surface area contributed by atoms with E-state index < -0.39 is 0 Å². The van der Waals surface area contributed by atoms with E-state index in [1.165, 1.54) is 6.42 Å². The normalized spacial score (nSPS) is 26.1. The standard InChI is InChI=1S/C16H21N3O/c1-13-6-5-11-18(12-13)16(20)19-15(9-10-17-19)14-7-3-2-4-8-14/h2-4,7-8,10,13,15H,5-6,9,11-12H2,1H3. The van der Waals surface area contributed by atoms with Gasteiger partial charge in [-0.15, -0.1) is 0 Å². The van der Waals surface area contributed by atoms with Crippen LogP contribution in [0, 0.1) is 5.92 Å². The van der Waals surface area contributed by atoms with E-state index in [1.54, 1.807) is 5.01 Å². The van der Waals surface area contributed by atoms with E-state index in [9.17, 15) is 4.79 Å². The first-order chi connectivity index (χ1) is 9.75. The van der Waals surface area contributed by atoms with Crippen LogP contribution in [0.4, 0.5) is 4.79 Å². The molecule has 0 aromatic heterocycles. The molecule has 3 rings (SSSR count). The molecule has 0 bridgehead atoms. The Balaban J connectivity index is 1.75. The van der Waals surface area contributed by atoms with Crippen LogP contribution in [0.15, 0.2) is 35.4 Å². The Labute approximate surface area is 120 Å². The number of carbonyl (C=O) groups is 1. The lowest BCUT2D eigenvalue weighted by Crippen LogP contribution is -2.45. The minimum absolute atomic E-state index is 0.0548. The van der Waals surface area contributed by atoms with Gasteiger partial charge in [0.05, 0.1) is 6.04 Å². The minimum atomic E-state index is 0.0548. The van der Waals surface area contributed by atoms with E-state index in [-0.39, 0.29) is 12.1 Å². The third-order valence-corrected chi connectivity index (χ3v) is 4.14. The highest BCUT2D eigenvalue weighted by Crippen LogP contribution is 2.30. The topological polar surface area (TPSA) is 35.9 Å². The molecule has 1 aromatic carbocycles. The van der Waals surface area contributed by atoms with Crippen molar-refractivity contribution < 1.29 is 4.79 Å². The summed E-state index contributed by atoms with van der Waals surface area (Å²) < 4.78 is 0. The summed E-state index contributed by atoms with van der Waals surface area (Å²) in [7, 11) is 0. The second kappa shape index (κ2) is 5.65. The van der Waals surface area contributed by atoms with Crippen molar-refractivity contribution in [2.75, 3.05) is 13.1 Å². The van der Waals surface area contributed by atoms with E-state index in [0.717, 1.165) is 31.5 Å². The van der Waals surface area contributed by atoms with Gasteiger partial charge in [0.25, 0.3) is 0 Å². The molecule has 1 aromatic rings.